The van der Waals surface area contributed by atoms with Gasteiger partial charge in [-0.25, -0.2) is 0 Å². The predicted molar refractivity (Wildman–Crippen MR) is 55.8 cm³/mol. The molecule has 1 N–H and O–H groups in total. The zero-order valence-electron chi connectivity index (χ0n) is 8.99. The molecular weight excluding hydrogens is 180 g/mol. The molecule has 0 aromatic rings. The molecule has 0 saturated carbocycles. The summed E-state index contributed by atoms with van der Waals surface area (Å²) in [7, 11) is 0. The van der Waals surface area contributed by atoms with Crippen LogP contribution in [0.5, 0.6) is 0 Å². The minimum atomic E-state index is -0.531. The lowest BCUT2D eigenvalue weighted by Crippen LogP contribution is -2.12. The van der Waals surface area contributed by atoms with E-state index in [0.717, 1.165) is 5.57 Å². The molecule has 0 spiro atoms. The van der Waals surface area contributed by atoms with Crippen LogP contribution in [0.3, 0.4) is 0 Å². The van der Waals surface area contributed by atoms with E-state index in [1.54, 1.807) is 19.9 Å². The van der Waals surface area contributed by atoms with Crippen molar-refractivity contribution >= 4 is 5.97 Å². The molecule has 0 aromatic heterocycles. The van der Waals surface area contributed by atoms with Crippen molar-refractivity contribution in [2.24, 2.45) is 0 Å². The Labute approximate surface area is 85.1 Å². The fourth-order valence-electron chi connectivity index (χ4n) is 1.06. The van der Waals surface area contributed by atoms with Crippen molar-refractivity contribution in [3.63, 3.8) is 0 Å². The Hall–Kier alpha value is -1.09. The number of ether oxygens (including phenoxy) is 1. The molecular formula is C11H18O3. The van der Waals surface area contributed by atoms with Crippen molar-refractivity contribution in [1.82, 2.24) is 0 Å². The lowest BCUT2D eigenvalue weighted by molar-refractivity contribution is -0.145. The first kappa shape index (κ1) is 12.9. The Morgan fingerprint density at radius 2 is 2.14 bits per heavy atom. The number of carbonyl (C=O) groups is 1. The van der Waals surface area contributed by atoms with Gasteiger partial charge >= 0.3 is 5.97 Å². The van der Waals surface area contributed by atoms with Gasteiger partial charge in [0.1, 0.15) is 6.10 Å². The van der Waals surface area contributed by atoms with Gasteiger partial charge in [0.25, 0.3) is 0 Å². The van der Waals surface area contributed by atoms with Gasteiger partial charge in [0.05, 0.1) is 6.10 Å². The molecule has 0 bridgehead atoms. The Balaban J connectivity index is 4.11. The molecule has 0 aliphatic rings. The molecule has 2 unspecified atom stereocenters. The Kier molecular flexibility index (Phi) is 5.88. The standard InChI is InChI=1S/C11H18O3/c1-5-11(9(3)12)7-6-8(2)14-10(4)13/h5,7-9,12H,1,6H2,2-4H3/b11-7+. The maximum absolute atomic E-state index is 10.6. The van der Waals surface area contributed by atoms with Crippen LogP contribution in [0, 0.1) is 0 Å². The first-order valence-electron chi connectivity index (χ1n) is 4.65. The van der Waals surface area contributed by atoms with Crippen LogP contribution in [0.2, 0.25) is 0 Å². The van der Waals surface area contributed by atoms with Crippen molar-refractivity contribution in [3.8, 4) is 0 Å². The van der Waals surface area contributed by atoms with Gasteiger partial charge < -0.3 is 9.84 Å². The number of hydrogen-bond donors (Lipinski definition) is 1. The van der Waals surface area contributed by atoms with Crippen molar-refractivity contribution in [3.05, 3.63) is 24.3 Å². The first-order valence-corrected chi connectivity index (χ1v) is 4.65. The minimum absolute atomic E-state index is 0.166. The van der Waals surface area contributed by atoms with E-state index in [9.17, 15) is 9.90 Å². The van der Waals surface area contributed by atoms with Gasteiger partial charge in [-0.2, -0.15) is 0 Å². The number of aliphatic hydroxyl groups excluding tert-OH is 1. The Morgan fingerprint density at radius 3 is 2.50 bits per heavy atom. The third-order valence-corrected chi connectivity index (χ3v) is 1.77. The second-order valence-corrected chi connectivity index (χ2v) is 3.24. The van der Waals surface area contributed by atoms with E-state index in [1.807, 2.05) is 6.08 Å². The van der Waals surface area contributed by atoms with E-state index in [2.05, 4.69) is 6.58 Å². The maximum atomic E-state index is 10.6. The van der Waals surface area contributed by atoms with Gasteiger partial charge in [0.2, 0.25) is 0 Å². The third-order valence-electron chi connectivity index (χ3n) is 1.77. The summed E-state index contributed by atoms with van der Waals surface area (Å²) in [6.45, 7) is 8.44. The molecule has 0 aromatic carbocycles. The molecule has 14 heavy (non-hydrogen) atoms. The minimum Gasteiger partial charge on any atom is -0.463 e. The maximum Gasteiger partial charge on any atom is 0.302 e. The molecule has 2 atom stereocenters. The van der Waals surface area contributed by atoms with Gasteiger partial charge in [-0.15, -0.1) is 0 Å². The second kappa shape index (κ2) is 6.38. The summed E-state index contributed by atoms with van der Waals surface area (Å²) < 4.78 is 4.93. The number of carbonyl (C=O) groups excluding carboxylic acids is 1. The normalized spacial score (nSPS) is 15.9. The van der Waals surface area contributed by atoms with E-state index >= 15 is 0 Å². The van der Waals surface area contributed by atoms with Crippen molar-refractivity contribution in [2.45, 2.75) is 39.4 Å². The van der Waals surface area contributed by atoms with Gasteiger partial charge in [-0.3, -0.25) is 4.79 Å². The zero-order chi connectivity index (χ0) is 11.1. The van der Waals surface area contributed by atoms with Crippen LogP contribution in [0.4, 0.5) is 0 Å². The van der Waals surface area contributed by atoms with Gasteiger partial charge in [-0.05, 0) is 19.4 Å². The molecule has 3 nitrogen and oxygen atoms in total. The quantitative estimate of drug-likeness (QED) is 0.541. The molecule has 80 valence electrons. The topological polar surface area (TPSA) is 46.5 Å². The van der Waals surface area contributed by atoms with E-state index in [-0.39, 0.29) is 12.1 Å². The van der Waals surface area contributed by atoms with Crippen LogP contribution >= 0.6 is 0 Å². The highest BCUT2D eigenvalue weighted by atomic mass is 16.5. The summed E-state index contributed by atoms with van der Waals surface area (Å²) in [5, 5.41) is 9.26. The lowest BCUT2D eigenvalue weighted by atomic mass is 10.1. The van der Waals surface area contributed by atoms with Gasteiger partial charge in [0, 0.05) is 13.3 Å². The van der Waals surface area contributed by atoms with Crippen LogP contribution in [0.25, 0.3) is 0 Å². The van der Waals surface area contributed by atoms with Crippen LogP contribution in [0.1, 0.15) is 27.2 Å². The highest BCUT2D eigenvalue weighted by Crippen LogP contribution is 2.07. The largest absolute Gasteiger partial charge is 0.463 e. The molecule has 3 heteroatoms. The zero-order valence-corrected chi connectivity index (χ0v) is 8.99. The third kappa shape index (κ3) is 5.54. The molecule has 0 saturated heterocycles. The monoisotopic (exact) mass is 198 g/mol. The average Bonchev–Trinajstić information content (AvgIpc) is 2.03. The summed E-state index contributed by atoms with van der Waals surface area (Å²) in [5.74, 6) is -0.289. The number of rotatable bonds is 5. The van der Waals surface area contributed by atoms with E-state index < -0.39 is 6.10 Å². The molecule has 0 aliphatic heterocycles. The summed E-state index contributed by atoms with van der Waals surface area (Å²) in [6, 6.07) is 0. The molecule has 0 radical (unpaired) electrons. The SMILES string of the molecule is C=C/C(=C\CC(C)OC(C)=O)C(C)O. The fourth-order valence-corrected chi connectivity index (χ4v) is 1.06. The number of hydrogen-bond acceptors (Lipinski definition) is 3. The van der Waals surface area contributed by atoms with Crippen molar-refractivity contribution < 1.29 is 14.6 Å². The highest BCUT2D eigenvalue weighted by Gasteiger charge is 2.05. The van der Waals surface area contributed by atoms with Crippen LogP contribution in [-0.4, -0.2) is 23.3 Å². The summed E-state index contributed by atoms with van der Waals surface area (Å²) >= 11 is 0. The second-order valence-electron chi connectivity index (χ2n) is 3.24. The van der Waals surface area contributed by atoms with E-state index in [0.29, 0.717) is 6.42 Å². The number of aliphatic hydroxyl groups is 1. The van der Waals surface area contributed by atoms with Gasteiger partial charge in [-0.1, -0.05) is 18.7 Å². The molecule has 0 heterocycles. The summed E-state index contributed by atoms with van der Waals surface area (Å²) in [5.41, 5.74) is 0.754. The Bertz CT molecular complexity index is 229. The smallest absolute Gasteiger partial charge is 0.302 e. The average molecular weight is 198 g/mol. The van der Waals surface area contributed by atoms with E-state index in [1.165, 1.54) is 6.92 Å². The fraction of sp³-hybridized carbons (Fsp3) is 0.545. The number of esters is 1. The van der Waals surface area contributed by atoms with Crippen LogP contribution in [0.15, 0.2) is 24.3 Å². The summed E-state index contributed by atoms with van der Waals surface area (Å²) in [4.78, 5) is 10.6. The highest BCUT2D eigenvalue weighted by molar-refractivity contribution is 5.66. The molecule has 0 fully saturated rings. The lowest BCUT2D eigenvalue weighted by Gasteiger charge is -2.10. The van der Waals surface area contributed by atoms with Gasteiger partial charge in [0.15, 0.2) is 0 Å². The first-order chi connectivity index (χ1) is 6.47. The van der Waals surface area contributed by atoms with Crippen molar-refractivity contribution in [1.29, 1.82) is 0 Å². The van der Waals surface area contributed by atoms with Crippen LogP contribution < -0.4 is 0 Å². The molecule has 0 rings (SSSR count). The Morgan fingerprint density at radius 1 is 1.57 bits per heavy atom. The van der Waals surface area contributed by atoms with Crippen molar-refractivity contribution in [2.75, 3.05) is 0 Å². The summed E-state index contributed by atoms with van der Waals surface area (Å²) in [6.07, 6.45) is 3.32. The molecule has 0 amide bonds. The predicted octanol–water partition coefficient (Wildman–Crippen LogP) is 1.82. The van der Waals surface area contributed by atoms with E-state index in [4.69, 9.17) is 4.74 Å². The van der Waals surface area contributed by atoms with Crippen LogP contribution in [-0.2, 0) is 9.53 Å². The molecule has 0 aliphatic carbocycles.